The highest BCUT2D eigenvalue weighted by molar-refractivity contribution is 5.86. The fourth-order valence-corrected chi connectivity index (χ4v) is 3.89. The third-order valence-corrected chi connectivity index (χ3v) is 5.42. The maximum absolute atomic E-state index is 13.2. The first-order valence-corrected chi connectivity index (χ1v) is 9.87. The molecule has 1 saturated heterocycles. The van der Waals surface area contributed by atoms with Crippen molar-refractivity contribution in [3.63, 3.8) is 0 Å². The number of nitrogens with zero attached hydrogens (tertiary/aromatic N) is 5. The van der Waals surface area contributed by atoms with Crippen LogP contribution < -0.4 is 10.2 Å². The zero-order valence-corrected chi connectivity index (χ0v) is 16.9. The van der Waals surface area contributed by atoms with Crippen LogP contribution in [0, 0.1) is 12.3 Å². The maximum atomic E-state index is 13.2. The molecule has 29 heavy (non-hydrogen) atoms. The average molecular weight is 390 g/mol. The van der Waals surface area contributed by atoms with Crippen LogP contribution in [0.25, 0.3) is 0 Å². The fraction of sp³-hybridized carbons (Fsp3) is 0.364. The smallest absolute Gasteiger partial charge is 0.230 e. The minimum absolute atomic E-state index is 0.104. The van der Waals surface area contributed by atoms with Crippen molar-refractivity contribution in [2.75, 3.05) is 24.5 Å². The molecule has 4 rings (SSSR count). The summed E-state index contributed by atoms with van der Waals surface area (Å²) in [7, 11) is 1.90. The number of aromatic nitrogens is 4. The molecular weight excluding hydrogens is 364 g/mol. The van der Waals surface area contributed by atoms with Gasteiger partial charge < -0.3 is 10.2 Å². The Hall–Kier alpha value is -3.22. The predicted octanol–water partition coefficient (Wildman–Crippen LogP) is 1.93. The largest absolute Gasteiger partial charge is 0.355 e. The number of rotatable bonds is 7. The molecule has 1 N–H and O–H groups in total. The summed E-state index contributed by atoms with van der Waals surface area (Å²) in [4.78, 5) is 23.9. The summed E-state index contributed by atoms with van der Waals surface area (Å²) < 4.78 is 1.78. The number of benzene rings is 1. The lowest BCUT2D eigenvalue weighted by molar-refractivity contribution is -0.132. The number of carbonyl (C=O) groups is 1. The number of nitrogens with one attached hydrogen (secondary N) is 1. The van der Waals surface area contributed by atoms with E-state index in [4.69, 9.17) is 0 Å². The van der Waals surface area contributed by atoms with E-state index in [1.165, 1.54) is 5.56 Å². The van der Waals surface area contributed by atoms with Crippen molar-refractivity contribution in [2.24, 2.45) is 12.5 Å². The van der Waals surface area contributed by atoms with Gasteiger partial charge >= 0.3 is 0 Å². The van der Waals surface area contributed by atoms with E-state index in [0.29, 0.717) is 26.1 Å². The van der Waals surface area contributed by atoms with Gasteiger partial charge in [-0.3, -0.25) is 9.48 Å². The summed E-state index contributed by atoms with van der Waals surface area (Å²) in [5.41, 5.74) is 2.77. The van der Waals surface area contributed by atoms with Crippen LogP contribution in [0.4, 0.5) is 5.82 Å². The second kappa shape index (κ2) is 8.03. The summed E-state index contributed by atoms with van der Waals surface area (Å²) in [5, 5.41) is 7.33. The van der Waals surface area contributed by atoms with Gasteiger partial charge in [0.25, 0.3) is 0 Å². The van der Waals surface area contributed by atoms with Gasteiger partial charge in [-0.1, -0.05) is 30.3 Å². The van der Waals surface area contributed by atoms with Crippen LogP contribution in [0.5, 0.6) is 0 Å². The zero-order chi connectivity index (χ0) is 20.3. The first-order chi connectivity index (χ1) is 14.0. The monoisotopic (exact) mass is 390 g/mol. The highest BCUT2D eigenvalue weighted by Crippen LogP contribution is 2.37. The fourth-order valence-electron chi connectivity index (χ4n) is 3.89. The minimum atomic E-state index is -0.449. The lowest BCUT2D eigenvalue weighted by atomic mass is 9.73. The molecule has 1 aliphatic rings. The van der Waals surface area contributed by atoms with E-state index >= 15 is 0 Å². The van der Waals surface area contributed by atoms with E-state index in [0.717, 1.165) is 23.5 Å². The standard InChI is InChI=1S/C22H26N6O/c1-17-10-20(25-16-24-17)28-14-22(15-28,11-18-6-4-3-5-7-18)21(29)23-9-8-19-12-26-27(2)13-19/h3-7,10,12-13,16H,8-9,11,14-15H2,1-2H3,(H,23,29). The summed E-state index contributed by atoms with van der Waals surface area (Å²) in [6.07, 6.45) is 6.89. The summed E-state index contributed by atoms with van der Waals surface area (Å²) in [6, 6.07) is 12.2. The van der Waals surface area contributed by atoms with Crippen molar-refractivity contribution in [3.8, 4) is 0 Å². The second-order valence-corrected chi connectivity index (χ2v) is 7.84. The van der Waals surface area contributed by atoms with Gasteiger partial charge in [-0.2, -0.15) is 5.10 Å². The van der Waals surface area contributed by atoms with Crippen LogP contribution in [0.3, 0.4) is 0 Å². The zero-order valence-electron chi connectivity index (χ0n) is 16.9. The molecule has 1 aromatic carbocycles. The van der Waals surface area contributed by atoms with Crippen LogP contribution >= 0.6 is 0 Å². The van der Waals surface area contributed by atoms with E-state index in [1.807, 2.05) is 50.6 Å². The Kier molecular flexibility index (Phi) is 5.29. The summed E-state index contributed by atoms with van der Waals surface area (Å²) >= 11 is 0. The van der Waals surface area contributed by atoms with Crippen molar-refractivity contribution in [2.45, 2.75) is 19.8 Å². The van der Waals surface area contributed by atoms with Crippen molar-refractivity contribution < 1.29 is 4.79 Å². The first-order valence-electron chi connectivity index (χ1n) is 9.87. The topological polar surface area (TPSA) is 75.9 Å². The molecule has 3 heterocycles. The van der Waals surface area contributed by atoms with Crippen LogP contribution in [-0.4, -0.2) is 45.3 Å². The molecule has 7 nitrogen and oxygen atoms in total. The van der Waals surface area contributed by atoms with Crippen LogP contribution in [0.15, 0.2) is 55.1 Å². The van der Waals surface area contributed by atoms with Crippen LogP contribution in [0.1, 0.15) is 16.8 Å². The Labute approximate surface area is 170 Å². The van der Waals surface area contributed by atoms with Crippen molar-refractivity contribution in [1.82, 2.24) is 25.1 Å². The third kappa shape index (κ3) is 4.29. The van der Waals surface area contributed by atoms with E-state index in [-0.39, 0.29) is 5.91 Å². The van der Waals surface area contributed by atoms with Crippen molar-refractivity contribution in [1.29, 1.82) is 0 Å². The molecule has 1 amide bonds. The summed E-state index contributed by atoms with van der Waals surface area (Å²) in [6.45, 7) is 3.86. The van der Waals surface area contributed by atoms with Crippen LogP contribution in [0.2, 0.25) is 0 Å². The number of amides is 1. The van der Waals surface area contributed by atoms with Gasteiger partial charge in [-0.05, 0) is 30.9 Å². The average Bonchev–Trinajstić information content (AvgIpc) is 3.10. The Morgan fingerprint density at radius 3 is 2.66 bits per heavy atom. The van der Waals surface area contributed by atoms with E-state index < -0.39 is 5.41 Å². The Morgan fingerprint density at radius 2 is 1.97 bits per heavy atom. The molecule has 1 fully saturated rings. The number of aryl methyl sites for hydroxylation is 2. The normalized spacial score (nSPS) is 15.0. The highest BCUT2D eigenvalue weighted by Gasteiger charge is 2.49. The first kappa shape index (κ1) is 19.1. The molecule has 0 spiro atoms. The van der Waals surface area contributed by atoms with Crippen molar-refractivity contribution >= 4 is 11.7 Å². The molecule has 2 aromatic heterocycles. The Morgan fingerprint density at radius 1 is 1.17 bits per heavy atom. The molecule has 0 aliphatic carbocycles. The van der Waals surface area contributed by atoms with E-state index in [9.17, 15) is 4.79 Å². The number of carbonyl (C=O) groups excluding carboxylic acids is 1. The van der Waals surface area contributed by atoms with Gasteiger partial charge in [0.2, 0.25) is 5.91 Å². The van der Waals surface area contributed by atoms with Gasteiger partial charge in [-0.25, -0.2) is 9.97 Å². The van der Waals surface area contributed by atoms with E-state index in [2.05, 4.69) is 37.4 Å². The Balaban J connectivity index is 1.44. The molecule has 0 unspecified atom stereocenters. The predicted molar refractivity (Wildman–Crippen MR) is 111 cm³/mol. The number of hydrogen-bond donors (Lipinski definition) is 1. The SMILES string of the molecule is Cc1cc(N2CC(Cc3ccccc3)(C(=O)NCCc3cnn(C)c3)C2)ncn1. The molecule has 1 aliphatic heterocycles. The molecular formula is C22H26N6O. The van der Waals surface area contributed by atoms with Gasteiger partial charge in [0, 0.05) is 44.6 Å². The quantitative estimate of drug-likeness (QED) is 0.667. The molecule has 7 heteroatoms. The molecule has 0 bridgehead atoms. The number of anilines is 1. The van der Waals surface area contributed by atoms with Gasteiger partial charge in [0.1, 0.15) is 12.1 Å². The maximum Gasteiger partial charge on any atom is 0.230 e. The van der Waals surface area contributed by atoms with Gasteiger partial charge in [-0.15, -0.1) is 0 Å². The molecule has 3 aromatic rings. The summed E-state index contributed by atoms with van der Waals surface area (Å²) in [5.74, 6) is 0.983. The molecule has 0 saturated carbocycles. The highest BCUT2D eigenvalue weighted by atomic mass is 16.2. The third-order valence-electron chi connectivity index (χ3n) is 5.42. The van der Waals surface area contributed by atoms with Gasteiger partial charge in [0.05, 0.1) is 11.6 Å². The minimum Gasteiger partial charge on any atom is -0.355 e. The number of hydrogen-bond acceptors (Lipinski definition) is 5. The van der Waals surface area contributed by atoms with Gasteiger partial charge in [0.15, 0.2) is 0 Å². The molecule has 0 radical (unpaired) electrons. The lowest BCUT2D eigenvalue weighted by Crippen LogP contribution is -2.64. The van der Waals surface area contributed by atoms with Crippen LogP contribution in [-0.2, 0) is 24.7 Å². The van der Waals surface area contributed by atoms with E-state index in [1.54, 1.807) is 11.0 Å². The second-order valence-electron chi connectivity index (χ2n) is 7.84. The molecule has 0 atom stereocenters. The lowest BCUT2D eigenvalue weighted by Gasteiger charge is -2.49. The van der Waals surface area contributed by atoms with Crippen molar-refractivity contribution in [3.05, 3.63) is 71.9 Å². The molecule has 150 valence electrons. The Bertz CT molecular complexity index is 978.